The molecule has 0 saturated carbocycles. The summed E-state index contributed by atoms with van der Waals surface area (Å²) < 4.78 is 5.05. The van der Waals surface area contributed by atoms with Crippen LogP contribution >= 0.6 is 0 Å². The summed E-state index contributed by atoms with van der Waals surface area (Å²) in [4.78, 5) is 23.3. The van der Waals surface area contributed by atoms with Gasteiger partial charge < -0.3 is 15.2 Å². The number of benzene rings is 1. The molecular weight excluding hydrogens is 270 g/mol. The molecule has 5 heteroatoms. The highest BCUT2D eigenvalue weighted by atomic mass is 16.5. The van der Waals surface area contributed by atoms with Crippen LogP contribution in [0.3, 0.4) is 0 Å². The highest BCUT2D eigenvalue weighted by Gasteiger charge is 2.21. The van der Waals surface area contributed by atoms with Crippen molar-refractivity contribution in [2.24, 2.45) is 11.8 Å². The van der Waals surface area contributed by atoms with E-state index in [1.165, 1.54) is 19.2 Å². The lowest BCUT2D eigenvalue weighted by Crippen LogP contribution is -2.26. The van der Waals surface area contributed by atoms with Gasteiger partial charge in [-0.2, -0.15) is 0 Å². The van der Waals surface area contributed by atoms with Gasteiger partial charge in [0.2, 0.25) is 5.91 Å². The average molecular weight is 293 g/mol. The molecule has 0 aromatic heterocycles. The molecule has 0 aliphatic heterocycles. The molecule has 1 amide bonds. The van der Waals surface area contributed by atoms with Crippen molar-refractivity contribution in [1.29, 1.82) is 0 Å². The third-order valence-electron chi connectivity index (χ3n) is 3.44. The first-order valence-corrected chi connectivity index (χ1v) is 7.12. The molecule has 1 rings (SSSR count). The number of amides is 1. The van der Waals surface area contributed by atoms with Crippen LogP contribution in [0, 0.1) is 11.8 Å². The summed E-state index contributed by atoms with van der Waals surface area (Å²) in [5.74, 6) is -0.671. The van der Waals surface area contributed by atoms with Crippen molar-refractivity contribution in [3.05, 3.63) is 23.8 Å². The Kier molecular flexibility index (Phi) is 6.21. The largest absolute Gasteiger partial charge is 0.496 e. The summed E-state index contributed by atoms with van der Waals surface area (Å²) >= 11 is 0. The monoisotopic (exact) mass is 293 g/mol. The second kappa shape index (κ2) is 7.67. The highest BCUT2D eigenvalue weighted by molar-refractivity contribution is 5.95. The fourth-order valence-electron chi connectivity index (χ4n) is 2.26. The van der Waals surface area contributed by atoms with Crippen molar-refractivity contribution in [1.82, 2.24) is 0 Å². The van der Waals surface area contributed by atoms with E-state index in [0.29, 0.717) is 5.69 Å². The quantitative estimate of drug-likeness (QED) is 0.808. The van der Waals surface area contributed by atoms with Crippen LogP contribution in [0.4, 0.5) is 5.69 Å². The number of nitrogens with one attached hydrogen (secondary N) is 1. The van der Waals surface area contributed by atoms with Crippen molar-refractivity contribution in [2.45, 2.75) is 33.6 Å². The molecule has 0 spiro atoms. The maximum Gasteiger partial charge on any atom is 0.339 e. The van der Waals surface area contributed by atoms with E-state index in [4.69, 9.17) is 9.84 Å². The lowest BCUT2D eigenvalue weighted by molar-refractivity contribution is -0.121. The lowest BCUT2D eigenvalue weighted by Gasteiger charge is -2.20. The van der Waals surface area contributed by atoms with Gasteiger partial charge in [0.15, 0.2) is 0 Å². The predicted octanol–water partition coefficient (Wildman–Crippen LogP) is 3.40. The summed E-state index contributed by atoms with van der Waals surface area (Å²) in [6.45, 7) is 6.09. The molecule has 0 radical (unpaired) electrons. The smallest absolute Gasteiger partial charge is 0.339 e. The predicted molar refractivity (Wildman–Crippen MR) is 81.8 cm³/mol. The van der Waals surface area contributed by atoms with Crippen LogP contribution in [0.5, 0.6) is 5.75 Å². The summed E-state index contributed by atoms with van der Waals surface area (Å²) in [6, 6.07) is 4.54. The number of ether oxygens (including phenoxy) is 1. The third kappa shape index (κ3) is 4.48. The van der Waals surface area contributed by atoms with Gasteiger partial charge in [0, 0.05) is 17.7 Å². The number of anilines is 1. The first-order chi connectivity index (χ1) is 9.90. The molecular formula is C16H23NO4. The second-order valence-corrected chi connectivity index (χ2v) is 5.35. The lowest BCUT2D eigenvalue weighted by atomic mass is 9.90. The van der Waals surface area contributed by atoms with Crippen molar-refractivity contribution in [3.8, 4) is 5.75 Å². The van der Waals surface area contributed by atoms with Gasteiger partial charge in [-0.3, -0.25) is 4.79 Å². The fraction of sp³-hybridized carbons (Fsp3) is 0.500. The number of carbonyl (C=O) groups is 2. The van der Waals surface area contributed by atoms with Gasteiger partial charge in [0.05, 0.1) is 7.11 Å². The molecule has 116 valence electrons. The van der Waals surface area contributed by atoms with Gasteiger partial charge in [-0.05, 0) is 24.5 Å². The van der Waals surface area contributed by atoms with E-state index in [1.807, 2.05) is 20.8 Å². The molecule has 0 bridgehead atoms. The minimum absolute atomic E-state index is 0.0445. The van der Waals surface area contributed by atoms with Gasteiger partial charge in [-0.15, -0.1) is 0 Å². The summed E-state index contributed by atoms with van der Waals surface area (Å²) in [5.41, 5.74) is 0.619. The molecule has 0 fully saturated rings. The van der Waals surface area contributed by atoms with Crippen LogP contribution in [-0.2, 0) is 4.79 Å². The molecule has 0 aliphatic rings. The van der Waals surface area contributed by atoms with E-state index in [-0.39, 0.29) is 29.1 Å². The maximum absolute atomic E-state index is 12.3. The van der Waals surface area contributed by atoms with Crippen molar-refractivity contribution in [3.63, 3.8) is 0 Å². The normalized spacial score (nSPS) is 12.0. The Morgan fingerprint density at radius 3 is 2.48 bits per heavy atom. The summed E-state index contributed by atoms with van der Waals surface area (Å²) in [7, 11) is 1.40. The van der Waals surface area contributed by atoms with Crippen molar-refractivity contribution in [2.75, 3.05) is 12.4 Å². The third-order valence-corrected chi connectivity index (χ3v) is 3.44. The zero-order chi connectivity index (χ0) is 16.0. The maximum atomic E-state index is 12.3. The van der Waals surface area contributed by atoms with Gasteiger partial charge in [0.25, 0.3) is 0 Å². The molecule has 2 N–H and O–H groups in total. The molecule has 0 saturated heterocycles. The topological polar surface area (TPSA) is 75.6 Å². The zero-order valence-electron chi connectivity index (χ0n) is 13.0. The van der Waals surface area contributed by atoms with E-state index < -0.39 is 5.97 Å². The van der Waals surface area contributed by atoms with Crippen LogP contribution in [0.2, 0.25) is 0 Å². The minimum Gasteiger partial charge on any atom is -0.496 e. The van der Waals surface area contributed by atoms with Gasteiger partial charge in [0.1, 0.15) is 11.3 Å². The van der Waals surface area contributed by atoms with Crippen LogP contribution < -0.4 is 10.1 Å². The Morgan fingerprint density at radius 2 is 2.00 bits per heavy atom. The van der Waals surface area contributed by atoms with Crippen LogP contribution in [-0.4, -0.2) is 24.1 Å². The van der Waals surface area contributed by atoms with E-state index >= 15 is 0 Å². The van der Waals surface area contributed by atoms with Crippen molar-refractivity contribution < 1.29 is 19.4 Å². The molecule has 1 aromatic carbocycles. The fourth-order valence-corrected chi connectivity index (χ4v) is 2.26. The molecule has 1 aromatic rings. The Bertz CT molecular complexity index is 511. The van der Waals surface area contributed by atoms with Crippen LogP contribution in [0.1, 0.15) is 44.0 Å². The number of carboxylic acids is 1. The number of hydrogen-bond donors (Lipinski definition) is 2. The van der Waals surface area contributed by atoms with E-state index in [9.17, 15) is 9.59 Å². The molecule has 0 aliphatic carbocycles. The average Bonchev–Trinajstić information content (AvgIpc) is 2.43. The Labute approximate surface area is 125 Å². The van der Waals surface area contributed by atoms with Gasteiger partial charge in [-0.1, -0.05) is 27.2 Å². The number of aromatic carboxylic acids is 1. The molecule has 0 heterocycles. The SMILES string of the molecule is CCCC(C(=O)Nc1ccc(C(=O)O)c(OC)c1)C(C)C. The Balaban J connectivity index is 2.92. The first kappa shape index (κ1) is 17.0. The molecule has 21 heavy (non-hydrogen) atoms. The first-order valence-electron chi connectivity index (χ1n) is 7.12. The number of rotatable bonds is 7. The minimum atomic E-state index is -1.06. The number of methoxy groups -OCH3 is 1. The number of carbonyl (C=O) groups excluding carboxylic acids is 1. The molecule has 1 unspecified atom stereocenters. The van der Waals surface area contributed by atoms with Gasteiger partial charge in [-0.25, -0.2) is 4.79 Å². The Hall–Kier alpha value is -2.04. The Morgan fingerprint density at radius 1 is 1.33 bits per heavy atom. The van der Waals surface area contributed by atoms with Crippen LogP contribution in [0.15, 0.2) is 18.2 Å². The van der Waals surface area contributed by atoms with Crippen molar-refractivity contribution >= 4 is 17.6 Å². The zero-order valence-corrected chi connectivity index (χ0v) is 13.0. The van der Waals surface area contributed by atoms with E-state index in [1.54, 1.807) is 6.07 Å². The summed E-state index contributed by atoms with van der Waals surface area (Å²) in [6.07, 6.45) is 1.77. The standard InChI is InChI=1S/C16H23NO4/c1-5-6-12(10(2)3)15(18)17-11-7-8-13(16(19)20)14(9-11)21-4/h7-10,12H,5-6H2,1-4H3,(H,17,18)(H,19,20). The second-order valence-electron chi connectivity index (χ2n) is 5.35. The number of carboxylic acid groups (broad SMARTS) is 1. The van der Waals surface area contributed by atoms with E-state index in [0.717, 1.165) is 12.8 Å². The summed E-state index contributed by atoms with van der Waals surface area (Å²) in [5, 5.41) is 11.9. The van der Waals surface area contributed by atoms with Crippen LogP contribution in [0.25, 0.3) is 0 Å². The number of hydrogen-bond acceptors (Lipinski definition) is 3. The molecule has 5 nitrogen and oxygen atoms in total. The molecule has 1 atom stereocenters. The van der Waals surface area contributed by atoms with Gasteiger partial charge >= 0.3 is 5.97 Å². The van der Waals surface area contributed by atoms with E-state index in [2.05, 4.69) is 5.32 Å². The highest BCUT2D eigenvalue weighted by Crippen LogP contribution is 2.25.